The zero-order valence-corrected chi connectivity index (χ0v) is 14.8. The van der Waals surface area contributed by atoms with Gasteiger partial charge in [0.25, 0.3) is 5.91 Å². The number of anilines is 2. The molecule has 6 nitrogen and oxygen atoms in total. The highest BCUT2D eigenvalue weighted by Crippen LogP contribution is 2.22. The number of hydrogen-bond acceptors (Lipinski definition) is 5. The van der Waals surface area contributed by atoms with Gasteiger partial charge in [-0.1, -0.05) is 18.2 Å². The van der Waals surface area contributed by atoms with Gasteiger partial charge < -0.3 is 10.2 Å². The molecular weight excluding hydrogens is 326 g/mol. The van der Waals surface area contributed by atoms with Crippen molar-refractivity contribution in [1.29, 1.82) is 0 Å². The summed E-state index contributed by atoms with van der Waals surface area (Å²) < 4.78 is 0. The molecule has 1 fully saturated rings. The molecule has 1 aliphatic rings. The van der Waals surface area contributed by atoms with E-state index in [9.17, 15) is 4.79 Å². The molecule has 1 N–H and O–H groups in total. The van der Waals surface area contributed by atoms with Gasteiger partial charge in [0.1, 0.15) is 5.69 Å². The van der Waals surface area contributed by atoms with Crippen LogP contribution < -0.4 is 10.2 Å². The van der Waals surface area contributed by atoms with Crippen molar-refractivity contribution in [2.75, 3.05) is 23.3 Å². The molecule has 0 unspecified atom stereocenters. The molecule has 0 saturated carbocycles. The molecule has 1 aromatic carbocycles. The van der Waals surface area contributed by atoms with Crippen LogP contribution in [0, 0.1) is 6.92 Å². The second kappa shape index (κ2) is 7.07. The highest BCUT2D eigenvalue weighted by Gasteiger charge is 2.17. The minimum absolute atomic E-state index is 0.244. The molecule has 1 aliphatic heterocycles. The van der Waals surface area contributed by atoms with Gasteiger partial charge in [-0.15, -0.1) is 0 Å². The van der Waals surface area contributed by atoms with Gasteiger partial charge in [0.05, 0.1) is 11.2 Å². The third-order valence-corrected chi connectivity index (χ3v) is 4.59. The van der Waals surface area contributed by atoms with Crippen LogP contribution >= 0.6 is 0 Å². The van der Waals surface area contributed by atoms with Gasteiger partial charge in [-0.2, -0.15) is 0 Å². The summed E-state index contributed by atoms with van der Waals surface area (Å²) in [6, 6.07) is 11.3. The van der Waals surface area contributed by atoms with E-state index in [1.807, 2.05) is 37.3 Å². The molecule has 0 atom stereocenters. The first kappa shape index (κ1) is 16.4. The number of carbonyl (C=O) groups is 1. The Kier molecular flexibility index (Phi) is 4.48. The number of nitrogens with one attached hydrogen (secondary N) is 1. The molecule has 0 bridgehead atoms. The van der Waals surface area contributed by atoms with Crippen LogP contribution in [0.3, 0.4) is 0 Å². The number of rotatable bonds is 3. The van der Waals surface area contributed by atoms with E-state index >= 15 is 0 Å². The van der Waals surface area contributed by atoms with Crippen molar-refractivity contribution in [3.8, 4) is 0 Å². The van der Waals surface area contributed by atoms with Gasteiger partial charge in [0, 0.05) is 30.4 Å². The molecule has 3 heterocycles. The number of aromatic nitrogens is 3. The number of hydrogen-bond donors (Lipinski definition) is 1. The van der Waals surface area contributed by atoms with E-state index in [0.717, 1.165) is 42.5 Å². The Labute approximate surface area is 152 Å². The summed E-state index contributed by atoms with van der Waals surface area (Å²) in [5, 5.41) is 3.93. The largest absolute Gasteiger partial charge is 0.341 e. The lowest BCUT2D eigenvalue weighted by Gasteiger charge is -2.27. The molecule has 4 rings (SSSR count). The molecular formula is C20H21N5O. The summed E-state index contributed by atoms with van der Waals surface area (Å²) in [4.78, 5) is 28.4. The first-order valence-electron chi connectivity index (χ1n) is 8.96. The zero-order valence-electron chi connectivity index (χ0n) is 14.8. The molecule has 0 spiro atoms. The Morgan fingerprint density at radius 3 is 2.73 bits per heavy atom. The van der Waals surface area contributed by atoms with E-state index in [4.69, 9.17) is 0 Å². The second-order valence-corrected chi connectivity index (χ2v) is 6.58. The van der Waals surface area contributed by atoms with E-state index in [2.05, 4.69) is 25.2 Å². The van der Waals surface area contributed by atoms with Crippen molar-refractivity contribution in [1.82, 2.24) is 15.0 Å². The summed E-state index contributed by atoms with van der Waals surface area (Å²) in [6.07, 6.45) is 5.24. The van der Waals surface area contributed by atoms with Crippen LogP contribution in [0.2, 0.25) is 0 Å². The molecule has 26 heavy (non-hydrogen) atoms. The van der Waals surface area contributed by atoms with Crippen molar-refractivity contribution in [2.45, 2.75) is 26.2 Å². The predicted octanol–water partition coefficient (Wildman–Crippen LogP) is 3.58. The summed E-state index contributed by atoms with van der Waals surface area (Å²) >= 11 is 0. The average molecular weight is 347 g/mol. The third kappa shape index (κ3) is 3.35. The monoisotopic (exact) mass is 347 g/mol. The third-order valence-electron chi connectivity index (χ3n) is 4.59. The molecule has 3 aromatic rings. The summed E-state index contributed by atoms with van der Waals surface area (Å²) in [6.45, 7) is 3.78. The van der Waals surface area contributed by atoms with Crippen molar-refractivity contribution < 1.29 is 4.79 Å². The Bertz CT molecular complexity index is 945. The van der Waals surface area contributed by atoms with Gasteiger partial charge >= 0.3 is 0 Å². The van der Waals surface area contributed by atoms with E-state index in [-0.39, 0.29) is 5.91 Å². The quantitative estimate of drug-likeness (QED) is 0.784. The SMILES string of the molecule is Cc1cc(C(=O)Nc2cccc3cccnc23)nc(N2CCCCC2)n1. The molecule has 2 aromatic heterocycles. The number of benzene rings is 1. The van der Waals surface area contributed by atoms with Gasteiger partial charge in [0.15, 0.2) is 0 Å². The van der Waals surface area contributed by atoms with E-state index in [1.54, 1.807) is 12.3 Å². The lowest BCUT2D eigenvalue weighted by Crippen LogP contribution is -2.31. The Hall–Kier alpha value is -3.02. The van der Waals surface area contributed by atoms with Crippen LogP contribution in [0.1, 0.15) is 35.4 Å². The maximum absolute atomic E-state index is 12.8. The highest BCUT2D eigenvalue weighted by molar-refractivity contribution is 6.07. The van der Waals surface area contributed by atoms with Crippen molar-refractivity contribution in [3.05, 3.63) is 54.0 Å². The molecule has 1 saturated heterocycles. The van der Waals surface area contributed by atoms with Crippen molar-refractivity contribution in [3.63, 3.8) is 0 Å². The number of piperidine rings is 1. The fourth-order valence-corrected chi connectivity index (χ4v) is 3.30. The first-order valence-corrected chi connectivity index (χ1v) is 8.96. The van der Waals surface area contributed by atoms with E-state index in [0.29, 0.717) is 17.3 Å². The highest BCUT2D eigenvalue weighted by atomic mass is 16.1. The lowest BCUT2D eigenvalue weighted by atomic mass is 10.1. The Balaban J connectivity index is 1.62. The van der Waals surface area contributed by atoms with Crippen molar-refractivity contribution >= 4 is 28.4 Å². The lowest BCUT2D eigenvalue weighted by molar-refractivity contribution is 0.102. The van der Waals surface area contributed by atoms with Crippen LogP contribution in [-0.2, 0) is 0 Å². The van der Waals surface area contributed by atoms with Gasteiger partial charge in [-0.05, 0) is 44.4 Å². The topological polar surface area (TPSA) is 71.0 Å². The summed E-state index contributed by atoms with van der Waals surface area (Å²) in [5.74, 6) is 0.401. The molecule has 0 aliphatic carbocycles. The normalized spacial score (nSPS) is 14.4. The van der Waals surface area contributed by atoms with Crippen LogP contribution in [0.4, 0.5) is 11.6 Å². The zero-order chi connectivity index (χ0) is 17.9. The van der Waals surface area contributed by atoms with Gasteiger partial charge in [-0.25, -0.2) is 9.97 Å². The number of aryl methyl sites for hydroxylation is 1. The fourth-order valence-electron chi connectivity index (χ4n) is 3.30. The average Bonchev–Trinajstić information content (AvgIpc) is 2.68. The molecule has 1 amide bonds. The maximum atomic E-state index is 12.8. The van der Waals surface area contributed by atoms with Crippen LogP contribution in [0.15, 0.2) is 42.6 Å². The smallest absolute Gasteiger partial charge is 0.274 e. The second-order valence-electron chi connectivity index (χ2n) is 6.58. The minimum atomic E-state index is -0.244. The van der Waals surface area contributed by atoms with Crippen LogP contribution in [0.5, 0.6) is 0 Å². The summed E-state index contributed by atoms with van der Waals surface area (Å²) in [5.41, 5.74) is 2.63. The van der Waals surface area contributed by atoms with Gasteiger partial charge in [0.2, 0.25) is 5.95 Å². The van der Waals surface area contributed by atoms with E-state index < -0.39 is 0 Å². The standard InChI is InChI=1S/C20H21N5O/c1-14-13-17(24-20(22-14)25-11-3-2-4-12-25)19(26)23-16-9-5-7-15-8-6-10-21-18(15)16/h5-10,13H,2-4,11-12H2,1H3,(H,23,26). The minimum Gasteiger partial charge on any atom is -0.341 e. The van der Waals surface area contributed by atoms with E-state index in [1.165, 1.54) is 6.42 Å². The molecule has 0 radical (unpaired) electrons. The first-order chi connectivity index (χ1) is 12.7. The molecule has 132 valence electrons. The van der Waals surface area contributed by atoms with Crippen molar-refractivity contribution in [2.24, 2.45) is 0 Å². The number of carbonyl (C=O) groups excluding carboxylic acids is 1. The Morgan fingerprint density at radius 2 is 1.88 bits per heavy atom. The number of para-hydroxylation sites is 1. The maximum Gasteiger partial charge on any atom is 0.274 e. The predicted molar refractivity (Wildman–Crippen MR) is 103 cm³/mol. The number of fused-ring (bicyclic) bond motifs is 1. The fraction of sp³-hybridized carbons (Fsp3) is 0.300. The number of pyridine rings is 1. The number of amides is 1. The Morgan fingerprint density at radius 1 is 1.08 bits per heavy atom. The summed E-state index contributed by atoms with van der Waals surface area (Å²) in [7, 11) is 0. The van der Waals surface area contributed by atoms with Crippen LogP contribution in [0.25, 0.3) is 10.9 Å². The van der Waals surface area contributed by atoms with Gasteiger partial charge in [-0.3, -0.25) is 9.78 Å². The molecule has 6 heteroatoms. The number of nitrogens with zero attached hydrogens (tertiary/aromatic N) is 4. The van der Waals surface area contributed by atoms with Crippen LogP contribution in [-0.4, -0.2) is 33.9 Å².